The van der Waals surface area contributed by atoms with Crippen LogP contribution >= 0.6 is 0 Å². The lowest BCUT2D eigenvalue weighted by Crippen LogP contribution is -2.03. The van der Waals surface area contributed by atoms with Crippen LogP contribution in [0.5, 0.6) is 0 Å². The maximum Gasteiger partial charge on any atom is 0.330 e. The van der Waals surface area contributed by atoms with Crippen LogP contribution in [0.3, 0.4) is 0 Å². The first kappa shape index (κ1) is 10.9. The first-order valence-corrected chi connectivity index (χ1v) is 5.65. The van der Waals surface area contributed by atoms with Gasteiger partial charge in [-0.1, -0.05) is 6.07 Å². The number of hydrogen-bond donors (Lipinski definition) is 0. The summed E-state index contributed by atoms with van der Waals surface area (Å²) in [5.41, 5.74) is 0.531. The Morgan fingerprint density at radius 1 is 1.39 bits per heavy atom. The number of aromatic nitrogens is 2. The highest BCUT2D eigenvalue weighted by Crippen LogP contribution is 2.39. The molecule has 1 fully saturated rings. The van der Waals surface area contributed by atoms with Crippen LogP contribution in [0.25, 0.3) is 5.69 Å². The summed E-state index contributed by atoms with van der Waals surface area (Å²) in [7, 11) is 0. The Labute approximate surface area is 102 Å². The zero-order chi connectivity index (χ0) is 12.7. The van der Waals surface area contributed by atoms with Crippen LogP contribution in [0.1, 0.15) is 24.5 Å². The van der Waals surface area contributed by atoms with Crippen LogP contribution < -0.4 is 0 Å². The summed E-state index contributed by atoms with van der Waals surface area (Å²) >= 11 is 0. The molecule has 0 radical (unpaired) electrons. The van der Waals surface area contributed by atoms with E-state index in [0.717, 1.165) is 24.6 Å². The molecule has 92 valence electrons. The quantitative estimate of drug-likeness (QED) is 0.619. The SMILES string of the molecule is O=[N+]([O-])c1c(F)cccc1-n1ccc(C2CC2)n1. The minimum atomic E-state index is -0.846. The molecule has 1 aromatic heterocycles. The molecule has 0 unspecified atom stereocenters. The summed E-state index contributed by atoms with van der Waals surface area (Å²) in [5, 5.41) is 15.2. The fraction of sp³-hybridized carbons (Fsp3) is 0.250. The number of halogens is 1. The van der Waals surface area contributed by atoms with E-state index in [0.29, 0.717) is 5.92 Å². The topological polar surface area (TPSA) is 61.0 Å². The van der Waals surface area contributed by atoms with E-state index in [1.54, 1.807) is 6.20 Å². The highest BCUT2D eigenvalue weighted by molar-refractivity contribution is 5.52. The van der Waals surface area contributed by atoms with E-state index < -0.39 is 16.4 Å². The van der Waals surface area contributed by atoms with E-state index in [4.69, 9.17) is 0 Å². The third kappa shape index (κ3) is 1.75. The minimum absolute atomic E-state index is 0.159. The Kier molecular flexibility index (Phi) is 2.36. The van der Waals surface area contributed by atoms with Crippen molar-refractivity contribution < 1.29 is 9.31 Å². The Hall–Kier alpha value is -2.24. The molecule has 18 heavy (non-hydrogen) atoms. The molecule has 0 bridgehead atoms. The fourth-order valence-electron chi connectivity index (χ4n) is 1.94. The number of hydrogen-bond acceptors (Lipinski definition) is 3. The van der Waals surface area contributed by atoms with E-state index in [1.165, 1.54) is 16.8 Å². The number of para-hydroxylation sites is 1. The van der Waals surface area contributed by atoms with Gasteiger partial charge in [-0.15, -0.1) is 0 Å². The van der Waals surface area contributed by atoms with Crippen LogP contribution in [0.4, 0.5) is 10.1 Å². The molecule has 0 aliphatic heterocycles. The van der Waals surface area contributed by atoms with Crippen molar-refractivity contribution in [1.82, 2.24) is 9.78 Å². The predicted octanol–water partition coefficient (Wildman–Crippen LogP) is 2.80. The summed E-state index contributed by atoms with van der Waals surface area (Å²) < 4.78 is 14.9. The second-order valence-corrected chi connectivity index (χ2v) is 4.32. The number of nitro benzene ring substituents is 1. The van der Waals surface area contributed by atoms with Gasteiger partial charge >= 0.3 is 5.69 Å². The van der Waals surface area contributed by atoms with Crippen LogP contribution in [0.15, 0.2) is 30.5 Å². The third-order valence-corrected chi connectivity index (χ3v) is 3.00. The van der Waals surface area contributed by atoms with Crippen LogP contribution in [0, 0.1) is 15.9 Å². The molecule has 1 aromatic carbocycles. The maximum atomic E-state index is 13.5. The van der Waals surface area contributed by atoms with E-state index >= 15 is 0 Å². The minimum Gasteiger partial charge on any atom is -0.258 e. The average Bonchev–Trinajstić information content (AvgIpc) is 3.06. The standard InChI is InChI=1S/C12H10FN3O2/c13-9-2-1-3-11(12(9)16(17)18)15-7-6-10(14-15)8-4-5-8/h1-3,6-8H,4-5H2. The van der Waals surface area contributed by atoms with Crippen molar-refractivity contribution >= 4 is 5.69 Å². The van der Waals surface area contributed by atoms with Crippen molar-refractivity contribution in [2.45, 2.75) is 18.8 Å². The molecule has 0 spiro atoms. The zero-order valence-electron chi connectivity index (χ0n) is 9.41. The van der Waals surface area contributed by atoms with Gasteiger partial charge in [0.2, 0.25) is 5.82 Å². The van der Waals surface area contributed by atoms with Gasteiger partial charge in [0.25, 0.3) is 0 Å². The lowest BCUT2D eigenvalue weighted by Gasteiger charge is -2.03. The first-order valence-electron chi connectivity index (χ1n) is 5.65. The van der Waals surface area contributed by atoms with Crippen LogP contribution in [0.2, 0.25) is 0 Å². The van der Waals surface area contributed by atoms with Crippen molar-refractivity contribution in [3.63, 3.8) is 0 Å². The van der Waals surface area contributed by atoms with Gasteiger partial charge in [0.15, 0.2) is 0 Å². The lowest BCUT2D eigenvalue weighted by molar-refractivity contribution is -0.387. The monoisotopic (exact) mass is 247 g/mol. The highest BCUT2D eigenvalue weighted by atomic mass is 19.1. The summed E-state index contributed by atoms with van der Waals surface area (Å²) in [5.74, 6) is -0.389. The van der Waals surface area contributed by atoms with Gasteiger partial charge in [-0.3, -0.25) is 10.1 Å². The molecule has 0 amide bonds. The summed E-state index contributed by atoms with van der Waals surface area (Å²) in [6.07, 6.45) is 3.83. The Bertz CT molecular complexity index is 620. The molecule has 0 saturated heterocycles. The third-order valence-electron chi connectivity index (χ3n) is 3.00. The Morgan fingerprint density at radius 2 is 2.17 bits per heavy atom. The molecular formula is C12H10FN3O2. The lowest BCUT2D eigenvalue weighted by atomic mass is 10.2. The van der Waals surface area contributed by atoms with Gasteiger partial charge in [0, 0.05) is 12.1 Å². The van der Waals surface area contributed by atoms with Gasteiger partial charge in [0.1, 0.15) is 5.69 Å². The first-order chi connectivity index (χ1) is 8.66. The molecule has 1 saturated carbocycles. The molecule has 0 N–H and O–H groups in total. The normalized spacial score (nSPS) is 14.7. The van der Waals surface area contributed by atoms with E-state index in [9.17, 15) is 14.5 Å². The van der Waals surface area contributed by atoms with Crippen molar-refractivity contribution in [1.29, 1.82) is 0 Å². The second-order valence-electron chi connectivity index (χ2n) is 4.32. The molecule has 1 aliphatic rings. The highest BCUT2D eigenvalue weighted by Gasteiger charge is 2.27. The van der Waals surface area contributed by atoms with E-state index in [-0.39, 0.29) is 5.69 Å². The van der Waals surface area contributed by atoms with Crippen LogP contribution in [-0.2, 0) is 0 Å². The number of nitro groups is 1. The van der Waals surface area contributed by atoms with Crippen molar-refractivity contribution in [2.75, 3.05) is 0 Å². The molecule has 1 aliphatic carbocycles. The van der Waals surface area contributed by atoms with Crippen molar-refractivity contribution in [3.8, 4) is 5.69 Å². The Balaban J connectivity index is 2.09. The van der Waals surface area contributed by atoms with Gasteiger partial charge in [-0.2, -0.15) is 9.49 Å². The van der Waals surface area contributed by atoms with Gasteiger partial charge in [0.05, 0.1) is 10.6 Å². The number of rotatable bonds is 3. The molecule has 6 heteroatoms. The Morgan fingerprint density at radius 3 is 2.83 bits per heavy atom. The predicted molar refractivity (Wildman–Crippen MR) is 62.2 cm³/mol. The zero-order valence-corrected chi connectivity index (χ0v) is 9.41. The van der Waals surface area contributed by atoms with Crippen molar-refractivity contribution in [3.05, 3.63) is 52.1 Å². The number of nitrogens with zero attached hydrogens (tertiary/aromatic N) is 3. The van der Waals surface area contributed by atoms with Gasteiger partial charge in [-0.25, -0.2) is 4.68 Å². The largest absolute Gasteiger partial charge is 0.330 e. The number of benzene rings is 1. The van der Waals surface area contributed by atoms with Crippen LogP contribution in [-0.4, -0.2) is 14.7 Å². The molecule has 5 nitrogen and oxygen atoms in total. The molecule has 0 atom stereocenters. The summed E-state index contributed by atoms with van der Waals surface area (Å²) in [4.78, 5) is 10.2. The molecular weight excluding hydrogens is 237 g/mol. The van der Waals surface area contributed by atoms with Gasteiger partial charge in [-0.05, 0) is 31.0 Å². The molecule has 2 aromatic rings. The van der Waals surface area contributed by atoms with Gasteiger partial charge < -0.3 is 0 Å². The summed E-state index contributed by atoms with van der Waals surface area (Å²) in [6, 6.07) is 5.83. The van der Waals surface area contributed by atoms with Crippen molar-refractivity contribution in [2.24, 2.45) is 0 Å². The smallest absolute Gasteiger partial charge is 0.258 e. The average molecular weight is 247 g/mol. The summed E-state index contributed by atoms with van der Waals surface area (Å²) in [6.45, 7) is 0. The molecule has 1 heterocycles. The second kappa shape index (κ2) is 3.90. The van der Waals surface area contributed by atoms with E-state index in [2.05, 4.69) is 5.10 Å². The molecule has 3 rings (SSSR count). The fourth-order valence-corrected chi connectivity index (χ4v) is 1.94. The van der Waals surface area contributed by atoms with E-state index in [1.807, 2.05) is 6.07 Å². The maximum absolute atomic E-state index is 13.5.